The van der Waals surface area contributed by atoms with Gasteiger partial charge in [0, 0.05) is 38.0 Å². The molecule has 39 heavy (non-hydrogen) atoms. The molecule has 1 N–H and O–H groups in total. The number of aromatic nitrogens is 5. The van der Waals surface area contributed by atoms with E-state index in [-0.39, 0.29) is 0 Å². The van der Waals surface area contributed by atoms with Crippen molar-refractivity contribution in [3.63, 3.8) is 0 Å². The lowest BCUT2D eigenvalue weighted by Gasteiger charge is -2.24. The zero-order valence-electron chi connectivity index (χ0n) is 22.8. The van der Waals surface area contributed by atoms with Crippen molar-refractivity contribution in [1.29, 1.82) is 0 Å². The molecule has 3 aromatic heterocycles. The van der Waals surface area contributed by atoms with Crippen LogP contribution in [0.25, 0.3) is 22.3 Å². The first-order valence-corrected chi connectivity index (χ1v) is 17.4. The highest BCUT2D eigenvalue weighted by molar-refractivity contribution is 6.76. The lowest BCUT2D eigenvalue weighted by atomic mass is 9.93. The Hall–Kier alpha value is -2.73. The van der Waals surface area contributed by atoms with Gasteiger partial charge in [-0.1, -0.05) is 45.3 Å². The standard InChI is InChI=1S/C25H37N5OSi.C2HF3O2/c1-32(2,3)13-12-31-18-29-11-10-22-24(26-17-27-25(22)29)21-15-28-30(16-21)23(14-19-8-9-19)20-6-4-5-7-20;3-2(4,5)1(6)7/h10-11,15-17,19-20,23H,4-9,12-14,18H2,1-3H3;(H,6,7). The summed E-state index contributed by atoms with van der Waals surface area (Å²) in [6.07, 6.45) is 12.4. The largest absolute Gasteiger partial charge is 0.490 e. The summed E-state index contributed by atoms with van der Waals surface area (Å²) >= 11 is 0. The molecule has 214 valence electrons. The first-order chi connectivity index (χ1) is 18.4. The van der Waals surface area contributed by atoms with Gasteiger partial charge in [0.25, 0.3) is 0 Å². The number of hydrogen-bond acceptors (Lipinski definition) is 5. The highest BCUT2D eigenvalue weighted by Gasteiger charge is 2.38. The maximum absolute atomic E-state index is 10.6. The van der Waals surface area contributed by atoms with Crippen LogP contribution >= 0.6 is 0 Å². The van der Waals surface area contributed by atoms with Crippen LogP contribution in [0.3, 0.4) is 0 Å². The Bertz CT molecular complexity index is 1240. The van der Waals surface area contributed by atoms with Gasteiger partial charge >= 0.3 is 12.1 Å². The molecule has 8 nitrogen and oxygen atoms in total. The molecule has 2 aliphatic rings. The van der Waals surface area contributed by atoms with Crippen molar-refractivity contribution in [1.82, 2.24) is 24.3 Å². The van der Waals surface area contributed by atoms with Crippen LogP contribution in [0.1, 0.15) is 51.0 Å². The van der Waals surface area contributed by atoms with Gasteiger partial charge in [-0.2, -0.15) is 18.3 Å². The van der Waals surface area contributed by atoms with Crippen molar-refractivity contribution in [2.45, 2.75) is 89.6 Å². The minimum absolute atomic E-state index is 0.537. The zero-order chi connectivity index (χ0) is 28.2. The predicted octanol–water partition coefficient (Wildman–Crippen LogP) is 6.77. The van der Waals surface area contributed by atoms with Crippen LogP contribution in [0.5, 0.6) is 0 Å². The molecule has 2 fully saturated rings. The summed E-state index contributed by atoms with van der Waals surface area (Å²) in [7, 11) is -1.08. The summed E-state index contributed by atoms with van der Waals surface area (Å²) in [4.78, 5) is 18.1. The number of aliphatic carboxylic acids is 1. The third-order valence-corrected chi connectivity index (χ3v) is 9.16. The van der Waals surface area contributed by atoms with Gasteiger partial charge < -0.3 is 14.4 Å². The number of carbonyl (C=O) groups is 1. The smallest absolute Gasteiger partial charge is 0.475 e. The summed E-state index contributed by atoms with van der Waals surface area (Å²) in [5.74, 6) is -1.07. The SMILES string of the molecule is C[Si](C)(C)CCOCn1ccc2c(-c3cnn(C(CC4CC4)C4CCCC4)c3)ncnc21.O=C(O)C(F)(F)F. The molecule has 2 saturated carbocycles. The second-order valence-corrected chi connectivity index (χ2v) is 17.5. The monoisotopic (exact) mass is 565 g/mol. The number of rotatable bonds is 10. The molecule has 0 saturated heterocycles. The number of ether oxygens (including phenoxy) is 1. The average molecular weight is 566 g/mol. The molecule has 0 bridgehead atoms. The lowest BCUT2D eigenvalue weighted by Crippen LogP contribution is -2.22. The Balaban J connectivity index is 0.000000448. The molecule has 0 aromatic carbocycles. The zero-order valence-corrected chi connectivity index (χ0v) is 23.8. The Labute approximate surface area is 227 Å². The van der Waals surface area contributed by atoms with Crippen molar-refractivity contribution in [2.24, 2.45) is 11.8 Å². The molecule has 0 aliphatic heterocycles. The molecule has 3 aromatic rings. The predicted molar refractivity (Wildman–Crippen MR) is 145 cm³/mol. The second-order valence-electron chi connectivity index (χ2n) is 11.9. The maximum atomic E-state index is 10.6. The quantitative estimate of drug-likeness (QED) is 0.215. The third kappa shape index (κ3) is 8.13. The van der Waals surface area contributed by atoms with E-state index < -0.39 is 20.2 Å². The summed E-state index contributed by atoms with van der Waals surface area (Å²) in [6, 6.07) is 3.83. The molecule has 0 radical (unpaired) electrons. The van der Waals surface area contributed by atoms with Gasteiger partial charge in [-0.3, -0.25) is 4.68 Å². The van der Waals surface area contributed by atoms with Crippen molar-refractivity contribution >= 4 is 25.1 Å². The summed E-state index contributed by atoms with van der Waals surface area (Å²) in [5, 5.41) is 13.0. The van der Waals surface area contributed by atoms with Crippen LogP contribution in [-0.2, 0) is 16.3 Å². The maximum Gasteiger partial charge on any atom is 0.490 e. The van der Waals surface area contributed by atoms with Crippen LogP contribution in [0.4, 0.5) is 13.2 Å². The van der Waals surface area contributed by atoms with Gasteiger partial charge in [0.15, 0.2) is 0 Å². The van der Waals surface area contributed by atoms with Crippen molar-refractivity contribution in [2.75, 3.05) is 6.61 Å². The van der Waals surface area contributed by atoms with Gasteiger partial charge in [-0.15, -0.1) is 0 Å². The molecule has 2 aliphatic carbocycles. The lowest BCUT2D eigenvalue weighted by molar-refractivity contribution is -0.192. The second kappa shape index (κ2) is 12.2. The minimum Gasteiger partial charge on any atom is -0.475 e. The molecule has 1 unspecified atom stereocenters. The Morgan fingerprint density at radius 3 is 2.49 bits per heavy atom. The number of carboxylic acids is 1. The topological polar surface area (TPSA) is 95.1 Å². The van der Waals surface area contributed by atoms with E-state index in [1.165, 1.54) is 51.0 Å². The van der Waals surface area contributed by atoms with Crippen molar-refractivity contribution < 1.29 is 27.8 Å². The normalized spacial score (nSPS) is 17.3. The Morgan fingerprint density at radius 2 is 1.87 bits per heavy atom. The number of fused-ring (bicyclic) bond motifs is 1. The number of halogens is 3. The molecule has 5 rings (SSSR count). The Morgan fingerprint density at radius 1 is 1.18 bits per heavy atom. The fraction of sp³-hybridized carbons (Fsp3) is 0.630. The summed E-state index contributed by atoms with van der Waals surface area (Å²) in [5.41, 5.74) is 2.99. The summed E-state index contributed by atoms with van der Waals surface area (Å²) < 4.78 is 42.0. The van der Waals surface area contributed by atoms with Crippen molar-refractivity contribution in [3.8, 4) is 11.3 Å². The van der Waals surface area contributed by atoms with Gasteiger partial charge in [0.2, 0.25) is 0 Å². The molecular formula is C27H38F3N5O3Si. The number of carboxylic acid groups (broad SMARTS) is 1. The highest BCUT2D eigenvalue weighted by Crippen LogP contribution is 2.44. The average Bonchev–Trinajstić information content (AvgIpc) is 3.26. The van der Waals surface area contributed by atoms with Gasteiger partial charge in [0.05, 0.1) is 17.9 Å². The van der Waals surface area contributed by atoms with E-state index in [0.717, 1.165) is 40.7 Å². The van der Waals surface area contributed by atoms with Crippen molar-refractivity contribution in [3.05, 3.63) is 31.0 Å². The van der Waals surface area contributed by atoms with E-state index in [2.05, 4.69) is 57.3 Å². The van der Waals surface area contributed by atoms with Crippen LogP contribution in [-0.4, -0.2) is 56.2 Å². The van der Waals surface area contributed by atoms with Crippen LogP contribution in [0.15, 0.2) is 31.0 Å². The van der Waals surface area contributed by atoms with Crippen LogP contribution < -0.4 is 0 Å². The van der Waals surface area contributed by atoms with Crippen LogP contribution in [0.2, 0.25) is 25.7 Å². The number of alkyl halides is 3. The number of hydrogen-bond donors (Lipinski definition) is 1. The first-order valence-electron chi connectivity index (χ1n) is 13.6. The van der Waals surface area contributed by atoms with Gasteiger partial charge in [-0.05, 0) is 43.2 Å². The molecule has 3 heterocycles. The summed E-state index contributed by atoms with van der Waals surface area (Å²) in [6.45, 7) is 8.48. The highest BCUT2D eigenvalue weighted by atomic mass is 28.3. The van der Waals surface area contributed by atoms with E-state index in [0.29, 0.717) is 12.8 Å². The molecule has 1 atom stereocenters. The van der Waals surface area contributed by atoms with E-state index >= 15 is 0 Å². The molecule has 0 spiro atoms. The molecule has 0 amide bonds. The van der Waals surface area contributed by atoms with E-state index in [1.54, 1.807) is 6.33 Å². The first kappa shape index (κ1) is 29.3. The van der Waals surface area contributed by atoms with Crippen LogP contribution in [0, 0.1) is 11.8 Å². The Kier molecular flexibility index (Phi) is 9.15. The van der Waals surface area contributed by atoms with Gasteiger partial charge in [-0.25, -0.2) is 14.8 Å². The third-order valence-electron chi connectivity index (χ3n) is 7.46. The van der Waals surface area contributed by atoms with Gasteiger partial charge in [0.1, 0.15) is 18.7 Å². The van der Waals surface area contributed by atoms with E-state index in [1.807, 2.05) is 6.20 Å². The molecule has 12 heteroatoms. The fourth-order valence-corrected chi connectivity index (χ4v) is 5.83. The minimum atomic E-state index is -5.08. The molecular weight excluding hydrogens is 527 g/mol. The van der Waals surface area contributed by atoms with E-state index in [4.69, 9.17) is 19.7 Å². The van der Waals surface area contributed by atoms with E-state index in [9.17, 15) is 13.2 Å². The fourth-order valence-electron chi connectivity index (χ4n) is 5.07. The number of nitrogens with zero attached hydrogens (tertiary/aromatic N) is 5.